The molecule has 514 valence electrons. The van der Waals surface area contributed by atoms with E-state index in [0.717, 1.165) is 9.80 Å². The summed E-state index contributed by atoms with van der Waals surface area (Å²) in [5, 5.41) is 23.1. The molecule has 1 heterocycles. The molecule has 0 bridgehead atoms. The quantitative estimate of drug-likeness (QED) is 0.103. The summed E-state index contributed by atoms with van der Waals surface area (Å²) in [4.78, 5) is 182. The average Bonchev–Trinajstić information content (AvgIpc) is 0.848. The van der Waals surface area contributed by atoms with Crippen molar-refractivity contribution in [2.45, 2.75) is 242 Å². The van der Waals surface area contributed by atoms with Gasteiger partial charge in [-0.1, -0.05) is 96.1 Å². The van der Waals surface area contributed by atoms with Crippen LogP contribution in [0.5, 0.6) is 0 Å². The number of hydrogen-bond acceptors (Lipinski definition) is 14. The molecule has 0 aromatic heterocycles. The summed E-state index contributed by atoms with van der Waals surface area (Å²) in [5.74, 6) is -10.2. The van der Waals surface area contributed by atoms with Crippen LogP contribution in [0.25, 0.3) is 0 Å². The minimum atomic E-state index is -1.77. The number of ether oxygens (including phenoxy) is 1. The third-order valence-electron chi connectivity index (χ3n) is 16.4. The predicted octanol–water partition coefficient (Wildman–Crippen LogP) is 3.34. The highest BCUT2D eigenvalue weighted by atomic mass is 16.5. The molecule has 0 aliphatic carbocycles. The van der Waals surface area contributed by atoms with E-state index in [1.807, 2.05) is 55.4 Å². The molecule has 25 heteroatoms. The van der Waals surface area contributed by atoms with Gasteiger partial charge >= 0.3 is 5.97 Å². The molecular formula is C65H115N11O14. The van der Waals surface area contributed by atoms with E-state index >= 15 is 14.4 Å². The number of rotatable bonds is 17. The number of amides is 11. The zero-order chi connectivity index (χ0) is 69.8. The normalized spacial score (nSPS) is 25.8. The molecule has 11 unspecified atom stereocenters. The number of likely N-dealkylation sites (N-methyl/N-ethyl adjacent to an activating group) is 7. The van der Waals surface area contributed by atoms with E-state index in [-0.39, 0.29) is 80.3 Å². The van der Waals surface area contributed by atoms with E-state index in [9.17, 15) is 48.3 Å². The van der Waals surface area contributed by atoms with Gasteiger partial charge in [0.1, 0.15) is 66.5 Å². The molecule has 0 saturated carbocycles. The van der Waals surface area contributed by atoms with Crippen molar-refractivity contribution in [1.29, 1.82) is 0 Å². The smallest absolute Gasteiger partial charge is 0.306 e. The zero-order valence-electron chi connectivity index (χ0n) is 59.0. The Morgan fingerprint density at radius 1 is 0.500 bits per heavy atom. The molecule has 1 aliphatic heterocycles. The lowest BCUT2D eigenvalue weighted by atomic mass is 9.94. The monoisotopic (exact) mass is 1270 g/mol. The molecule has 1 rings (SSSR count). The molecule has 0 spiro atoms. The fourth-order valence-electron chi connectivity index (χ4n) is 11.0. The van der Waals surface area contributed by atoms with Gasteiger partial charge in [0.15, 0.2) is 0 Å². The summed E-state index contributed by atoms with van der Waals surface area (Å²) in [5.41, 5.74) is 0.183. The Labute approximate surface area is 537 Å². The van der Waals surface area contributed by atoms with Crippen LogP contribution in [0.1, 0.15) is 170 Å². The minimum Gasteiger partial charge on any atom is -0.463 e. The Bertz CT molecular complexity index is 2520. The van der Waals surface area contributed by atoms with Crippen molar-refractivity contribution < 1.29 is 67.4 Å². The highest BCUT2D eigenvalue weighted by Crippen LogP contribution is 2.25. The Hall–Kier alpha value is -6.66. The SMILES string of the molecule is CCC1NC(=O)C(C(O)/C(C)=C\CCC(=O)OC(C)C)N(C)C(=O)C(C(C)C)N(C)C(=O)C(CC(C)C)N(C)C(=O)C(CC(C)C)N(C)C(=O)C(C)NC(=O)C(C)NC(=O)C(CC(C)C)N(C)C(=O)C(C(C)C)NC(=O)C(CC(C)C)N(C)C(=O)CN(C)C1=O. The highest BCUT2D eigenvalue weighted by Gasteiger charge is 2.45. The van der Waals surface area contributed by atoms with E-state index < -0.39 is 156 Å². The van der Waals surface area contributed by atoms with Crippen LogP contribution < -0.4 is 21.3 Å². The van der Waals surface area contributed by atoms with E-state index in [0.29, 0.717) is 0 Å². The Morgan fingerprint density at radius 3 is 1.38 bits per heavy atom. The number of hydrogen-bond donors (Lipinski definition) is 5. The fourth-order valence-corrected chi connectivity index (χ4v) is 11.0. The standard InChI is InChI=1S/C65H115N11O14/c1-26-45-61(85)70(19)34-50(77)71(20)46(30-35(2)3)58(82)69-52(39(10)11)64(88)72(21)47(31-36(4)5)57(81)66-43(17)56(80)67-44(18)60(84)73(22)48(32-37(6)7)62(86)74(23)49(33-38(8)9)63(87)75(24)53(40(12)13)65(89)76(25)54(59(83)68-45)55(79)42(16)28-27-29-51(78)90-41(14)15/h28,35-41,43-49,52-55,79H,26-27,29-34H2,1-25H3,(H,66,81)(H,67,80)(H,68,83)(H,69,82)/b42-28-. The van der Waals surface area contributed by atoms with Gasteiger partial charge in [-0.15, -0.1) is 0 Å². The minimum absolute atomic E-state index is 0.0340. The second kappa shape index (κ2) is 37.0. The van der Waals surface area contributed by atoms with E-state index in [1.54, 1.807) is 48.5 Å². The molecule has 11 amide bonds. The van der Waals surface area contributed by atoms with Crippen molar-refractivity contribution in [2.75, 3.05) is 55.9 Å². The molecule has 0 aromatic carbocycles. The first kappa shape index (κ1) is 81.4. The van der Waals surface area contributed by atoms with Crippen LogP contribution in [0.3, 0.4) is 0 Å². The van der Waals surface area contributed by atoms with Gasteiger partial charge in [-0.2, -0.15) is 0 Å². The van der Waals surface area contributed by atoms with Crippen molar-refractivity contribution in [3.05, 3.63) is 11.6 Å². The zero-order valence-corrected chi connectivity index (χ0v) is 59.0. The van der Waals surface area contributed by atoms with Crippen LogP contribution in [0.15, 0.2) is 11.6 Å². The maximum Gasteiger partial charge on any atom is 0.306 e. The van der Waals surface area contributed by atoms with Crippen molar-refractivity contribution in [3.63, 3.8) is 0 Å². The third-order valence-corrected chi connectivity index (χ3v) is 16.4. The number of allylic oxidation sites excluding steroid dienone is 1. The van der Waals surface area contributed by atoms with Crippen molar-refractivity contribution >= 4 is 70.9 Å². The van der Waals surface area contributed by atoms with E-state index in [1.165, 1.54) is 101 Å². The maximum absolute atomic E-state index is 15.3. The van der Waals surface area contributed by atoms with Crippen LogP contribution >= 0.6 is 0 Å². The van der Waals surface area contributed by atoms with Crippen LogP contribution in [-0.4, -0.2) is 239 Å². The van der Waals surface area contributed by atoms with Crippen molar-refractivity contribution in [3.8, 4) is 0 Å². The number of carbonyl (C=O) groups is 12. The largest absolute Gasteiger partial charge is 0.463 e. The number of esters is 1. The van der Waals surface area contributed by atoms with Gasteiger partial charge in [-0.3, -0.25) is 57.5 Å². The summed E-state index contributed by atoms with van der Waals surface area (Å²) < 4.78 is 5.27. The predicted molar refractivity (Wildman–Crippen MR) is 344 cm³/mol. The van der Waals surface area contributed by atoms with Crippen LogP contribution in [0.4, 0.5) is 0 Å². The van der Waals surface area contributed by atoms with Crippen molar-refractivity contribution in [1.82, 2.24) is 55.6 Å². The van der Waals surface area contributed by atoms with Gasteiger partial charge in [-0.25, -0.2) is 0 Å². The van der Waals surface area contributed by atoms with Crippen LogP contribution in [0.2, 0.25) is 0 Å². The van der Waals surface area contributed by atoms with Gasteiger partial charge in [0.25, 0.3) is 0 Å². The molecular weight excluding hydrogens is 1160 g/mol. The summed E-state index contributed by atoms with van der Waals surface area (Å²) in [7, 11) is 9.72. The molecule has 1 fully saturated rings. The second-order valence-electron chi connectivity index (χ2n) is 27.3. The molecule has 1 aliphatic rings. The second-order valence-corrected chi connectivity index (χ2v) is 27.3. The average molecular weight is 1270 g/mol. The lowest BCUT2D eigenvalue weighted by molar-refractivity contribution is -0.156. The third kappa shape index (κ3) is 23.5. The van der Waals surface area contributed by atoms with Gasteiger partial charge in [0.05, 0.1) is 12.6 Å². The highest BCUT2D eigenvalue weighted by molar-refractivity contribution is 5.99. The van der Waals surface area contributed by atoms with E-state index in [2.05, 4.69) is 21.3 Å². The number of aliphatic hydroxyl groups excluding tert-OH is 1. The topological polar surface area (TPSA) is 305 Å². The molecule has 0 radical (unpaired) electrons. The number of nitrogens with one attached hydrogen (secondary N) is 4. The number of nitrogens with zero attached hydrogens (tertiary/aromatic N) is 7. The molecule has 90 heavy (non-hydrogen) atoms. The number of aliphatic hydroxyl groups is 1. The first-order chi connectivity index (χ1) is 41.5. The Kier molecular flexibility index (Phi) is 33.4. The lowest BCUT2D eigenvalue weighted by Gasteiger charge is -2.41. The van der Waals surface area contributed by atoms with Gasteiger partial charge in [0, 0.05) is 55.8 Å². The Morgan fingerprint density at radius 2 is 0.922 bits per heavy atom. The summed E-state index contributed by atoms with van der Waals surface area (Å²) in [6.07, 6.45) is -0.104. The fraction of sp³-hybridized carbons (Fsp3) is 0.785. The summed E-state index contributed by atoms with van der Waals surface area (Å²) >= 11 is 0. The van der Waals surface area contributed by atoms with Gasteiger partial charge in [0.2, 0.25) is 65.0 Å². The number of carbonyl (C=O) groups excluding carboxylic acids is 12. The maximum atomic E-state index is 15.3. The molecule has 25 nitrogen and oxygen atoms in total. The summed E-state index contributed by atoms with van der Waals surface area (Å²) in [6.45, 7) is 30.4. The van der Waals surface area contributed by atoms with E-state index in [4.69, 9.17) is 4.74 Å². The Balaban J connectivity index is 4.38. The van der Waals surface area contributed by atoms with Gasteiger partial charge < -0.3 is 65.4 Å². The molecule has 5 N–H and O–H groups in total. The summed E-state index contributed by atoms with van der Waals surface area (Å²) in [6, 6.07) is -12.8. The first-order valence-corrected chi connectivity index (χ1v) is 32.1. The van der Waals surface area contributed by atoms with Crippen molar-refractivity contribution in [2.24, 2.45) is 35.5 Å². The molecule has 11 atom stereocenters. The van der Waals surface area contributed by atoms with Gasteiger partial charge in [-0.05, 0) is 114 Å². The van der Waals surface area contributed by atoms with Crippen LogP contribution in [-0.2, 0) is 62.3 Å². The van der Waals surface area contributed by atoms with Crippen LogP contribution in [0, 0.1) is 35.5 Å². The first-order valence-electron chi connectivity index (χ1n) is 32.1. The molecule has 0 aromatic rings. The lowest BCUT2D eigenvalue weighted by Crippen LogP contribution is -2.63. The molecule has 1 saturated heterocycles.